The molecule has 1 saturated carbocycles. The lowest BCUT2D eigenvalue weighted by Gasteiger charge is -2.47. The number of aliphatic carboxylic acids is 1. The first-order valence-corrected chi connectivity index (χ1v) is 18.2. The van der Waals surface area contributed by atoms with Crippen molar-refractivity contribution in [2.45, 2.75) is 95.1 Å². The number of hydrogen-bond donors (Lipinski definition) is 3. The molecule has 3 aromatic rings. The van der Waals surface area contributed by atoms with E-state index in [2.05, 4.69) is 24.1 Å². The second-order valence-electron chi connectivity index (χ2n) is 13.9. The van der Waals surface area contributed by atoms with Gasteiger partial charge in [0.05, 0.1) is 13.2 Å². The molecule has 0 amide bonds. The quantitative estimate of drug-likeness (QED) is 0.176. The fourth-order valence-corrected chi connectivity index (χ4v) is 8.85. The molecule has 3 aliphatic rings. The third kappa shape index (κ3) is 7.16. The van der Waals surface area contributed by atoms with Crippen LogP contribution in [0.2, 0.25) is 5.02 Å². The molecule has 47 heavy (non-hydrogen) atoms. The summed E-state index contributed by atoms with van der Waals surface area (Å²) in [7, 11) is -4.59. The highest BCUT2D eigenvalue weighted by Crippen LogP contribution is 2.56. The first-order valence-electron chi connectivity index (χ1n) is 16.5. The number of rotatable bonds is 11. The number of aromatic nitrogens is 1. The second kappa shape index (κ2) is 13.4. The van der Waals surface area contributed by atoms with Crippen LogP contribution in [0.3, 0.4) is 0 Å². The summed E-state index contributed by atoms with van der Waals surface area (Å²) >= 11 is 6.22. The van der Waals surface area contributed by atoms with Crippen LogP contribution in [0.4, 0.5) is 5.69 Å². The zero-order valence-corrected chi connectivity index (χ0v) is 28.4. The largest absolute Gasteiger partial charge is 0.493 e. The van der Waals surface area contributed by atoms with Crippen molar-refractivity contribution in [2.75, 3.05) is 11.9 Å². The molecule has 2 aromatic carbocycles. The Morgan fingerprint density at radius 2 is 1.94 bits per heavy atom. The summed E-state index contributed by atoms with van der Waals surface area (Å²) in [6.45, 7) is 4.74. The predicted octanol–water partition coefficient (Wildman–Crippen LogP) is 7.52. The minimum Gasteiger partial charge on any atom is -0.493 e. The number of nitrogens with zero attached hydrogens (tertiary/aromatic N) is 1. The summed E-state index contributed by atoms with van der Waals surface area (Å²) in [6.07, 6.45) is 8.91. The molecule has 1 unspecified atom stereocenters. The lowest BCUT2D eigenvalue weighted by Crippen LogP contribution is -2.53. The van der Waals surface area contributed by atoms with Gasteiger partial charge in [-0.05, 0) is 122 Å². The third-order valence-electron chi connectivity index (χ3n) is 10.7. The minimum absolute atomic E-state index is 0.229. The van der Waals surface area contributed by atoms with Gasteiger partial charge in [0.2, 0.25) is 0 Å². The van der Waals surface area contributed by atoms with E-state index < -0.39 is 21.9 Å². The van der Waals surface area contributed by atoms with E-state index in [9.17, 15) is 22.9 Å². The van der Waals surface area contributed by atoms with Gasteiger partial charge < -0.3 is 15.2 Å². The molecule has 0 aliphatic heterocycles. The molecule has 3 atom stereocenters. The van der Waals surface area contributed by atoms with Crippen LogP contribution in [0, 0.1) is 11.8 Å². The standard InChI is InChI=1S/C36H43ClN2O7S/c1-23(21-45-32-11-16-38-31-8-3-5-24(2)33(31)32)17-27-19-26-10-9-25(22-46-47(42,43)44)18-30(26)35(27)12-14-36(15-13-35,34(40)41)39-29-7-4-6-28(37)20-29/h4,6-7,9-11,16,18,20,23-24,27,39H,3,5,8,12-15,17,19,21-22H2,1-2H3,(H,40,41)(H,42,43,44)/t23-,24-,27?,35?,36?/m1/s1. The Hall–Kier alpha value is -3.18. The number of ether oxygens (including phenoxy) is 1. The Labute approximate surface area is 282 Å². The van der Waals surface area contributed by atoms with Crippen molar-refractivity contribution in [3.63, 3.8) is 0 Å². The molecule has 6 rings (SSSR count). The van der Waals surface area contributed by atoms with Crippen molar-refractivity contribution in [2.24, 2.45) is 11.8 Å². The zero-order valence-electron chi connectivity index (χ0n) is 26.9. The predicted molar refractivity (Wildman–Crippen MR) is 180 cm³/mol. The van der Waals surface area contributed by atoms with E-state index in [-0.39, 0.29) is 23.9 Å². The third-order valence-corrected chi connectivity index (χ3v) is 11.4. The number of pyridine rings is 1. The molecule has 3 aliphatic carbocycles. The molecular formula is C36H43ClN2O7S. The molecule has 1 fully saturated rings. The SMILES string of the molecule is C[C@@H](COc1ccnc2c1[C@H](C)CCC2)CC1Cc2ccc(COS(=O)(=O)O)cc2C12CCC(Nc1cccc(Cl)c1)(C(=O)O)CC2. The zero-order chi connectivity index (χ0) is 33.4. The van der Waals surface area contributed by atoms with E-state index in [1.807, 2.05) is 36.5 Å². The maximum Gasteiger partial charge on any atom is 0.397 e. The molecule has 11 heteroatoms. The van der Waals surface area contributed by atoms with Crippen molar-refractivity contribution in [3.8, 4) is 5.75 Å². The summed E-state index contributed by atoms with van der Waals surface area (Å²) in [5.74, 6) is 0.915. The van der Waals surface area contributed by atoms with Gasteiger partial charge in [0.15, 0.2) is 0 Å². The highest BCUT2D eigenvalue weighted by molar-refractivity contribution is 7.80. The number of aryl methyl sites for hydroxylation is 1. The molecule has 1 aromatic heterocycles. The molecule has 0 bridgehead atoms. The minimum atomic E-state index is -4.59. The monoisotopic (exact) mass is 682 g/mol. The van der Waals surface area contributed by atoms with Crippen LogP contribution in [-0.4, -0.2) is 41.2 Å². The molecule has 3 N–H and O–H groups in total. The number of carbonyl (C=O) groups is 1. The fraction of sp³-hybridized carbons (Fsp3) is 0.500. The summed E-state index contributed by atoms with van der Waals surface area (Å²) < 4.78 is 43.0. The number of halogens is 1. The highest BCUT2D eigenvalue weighted by atomic mass is 35.5. The maximum atomic E-state index is 12.8. The number of hydrogen-bond acceptors (Lipinski definition) is 7. The topological polar surface area (TPSA) is 135 Å². The Morgan fingerprint density at radius 1 is 1.15 bits per heavy atom. The Morgan fingerprint density at radius 3 is 2.66 bits per heavy atom. The normalized spacial score (nSPS) is 26.0. The lowest BCUT2D eigenvalue weighted by atomic mass is 9.59. The molecule has 0 saturated heterocycles. The molecule has 1 spiro atoms. The van der Waals surface area contributed by atoms with Gasteiger partial charge in [0.1, 0.15) is 11.3 Å². The molecule has 252 valence electrons. The van der Waals surface area contributed by atoms with Gasteiger partial charge in [-0.3, -0.25) is 9.54 Å². The number of anilines is 1. The van der Waals surface area contributed by atoms with Crippen molar-refractivity contribution in [1.29, 1.82) is 0 Å². The van der Waals surface area contributed by atoms with Crippen LogP contribution in [-0.2, 0) is 44.2 Å². The Balaban J connectivity index is 1.25. The maximum absolute atomic E-state index is 12.8. The molecular weight excluding hydrogens is 640 g/mol. The van der Waals surface area contributed by atoms with E-state index in [0.29, 0.717) is 54.5 Å². The summed E-state index contributed by atoms with van der Waals surface area (Å²) in [6, 6.07) is 15.0. The van der Waals surface area contributed by atoms with E-state index in [1.54, 1.807) is 18.2 Å². The molecule has 9 nitrogen and oxygen atoms in total. The molecule has 0 radical (unpaired) electrons. The average molecular weight is 683 g/mol. The Bertz CT molecular complexity index is 1740. The van der Waals surface area contributed by atoms with E-state index >= 15 is 0 Å². The number of carboxylic acid groups (broad SMARTS) is 1. The number of carboxylic acids is 1. The van der Waals surface area contributed by atoms with E-state index in [0.717, 1.165) is 49.1 Å². The number of benzene rings is 2. The van der Waals surface area contributed by atoms with Gasteiger partial charge in [0.25, 0.3) is 0 Å². The number of fused-ring (bicyclic) bond motifs is 3. The Kier molecular flexibility index (Phi) is 9.60. The van der Waals surface area contributed by atoms with Crippen LogP contribution in [0.5, 0.6) is 5.75 Å². The van der Waals surface area contributed by atoms with Crippen molar-refractivity contribution < 1.29 is 31.8 Å². The summed E-state index contributed by atoms with van der Waals surface area (Å²) in [5, 5.41) is 14.4. The van der Waals surface area contributed by atoms with Crippen molar-refractivity contribution in [3.05, 3.63) is 87.7 Å². The van der Waals surface area contributed by atoms with Crippen LogP contribution in [0.15, 0.2) is 54.7 Å². The first-order chi connectivity index (χ1) is 22.4. The van der Waals surface area contributed by atoms with Crippen LogP contribution in [0.25, 0.3) is 0 Å². The number of nitrogens with one attached hydrogen (secondary N) is 1. The van der Waals surface area contributed by atoms with Crippen molar-refractivity contribution >= 4 is 33.7 Å². The van der Waals surface area contributed by atoms with Crippen LogP contribution >= 0.6 is 11.6 Å². The lowest BCUT2D eigenvalue weighted by molar-refractivity contribution is -0.144. The fourth-order valence-electron chi connectivity index (χ4n) is 8.38. The average Bonchev–Trinajstić information content (AvgIpc) is 3.31. The van der Waals surface area contributed by atoms with E-state index in [1.165, 1.54) is 11.1 Å². The first kappa shape index (κ1) is 33.7. The van der Waals surface area contributed by atoms with E-state index in [4.69, 9.17) is 20.5 Å². The summed E-state index contributed by atoms with van der Waals surface area (Å²) in [4.78, 5) is 17.5. The van der Waals surface area contributed by atoms with Gasteiger partial charge >= 0.3 is 16.4 Å². The molecule has 1 heterocycles. The van der Waals surface area contributed by atoms with Gasteiger partial charge in [0, 0.05) is 28.2 Å². The van der Waals surface area contributed by atoms with Crippen LogP contribution < -0.4 is 10.1 Å². The smallest absolute Gasteiger partial charge is 0.397 e. The second-order valence-corrected chi connectivity index (χ2v) is 15.4. The van der Waals surface area contributed by atoms with Gasteiger partial charge in [-0.15, -0.1) is 0 Å². The van der Waals surface area contributed by atoms with Gasteiger partial charge in [-0.25, -0.2) is 8.98 Å². The van der Waals surface area contributed by atoms with Gasteiger partial charge in [-0.1, -0.05) is 49.7 Å². The van der Waals surface area contributed by atoms with Crippen LogP contribution in [0.1, 0.15) is 92.7 Å². The summed E-state index contributed by atoms with van der Waals surface area (Å²) in [5.41, 5.74) is 4.52. The van der Waals surface area contributed by atoms with Gasteiger partial charge in [-0.2, -0.15) is 8.42 Å². The van der Waals surface area contributed by atoms with Crippen molar-refractivity contribution in [1.82, 2.24) is 4.98 Å². The highest BCUT2D eigenvalue weighted by Gasteiger charge is 2.54.